The molecular formula is C42H35N3. The average Bonchev–Trinajstić information content (AvgIpc) is 3.68. The predicted octanol–water partition coefficient (Wildman–Crippen LogP) is 11.4. The van der Waals surface area contributed by atoms with Gasteiger partial charge >= 0.3 is 0 Å². The molecule has 3 heteroatoms. The molecule has 3 aromatic heterocycles. The molecule has 0 N–H and O–H groups in total. The second-order valence-corrected chi connectivity index (χ2v) is 13.6. The molecule has 0 aliphatic carbocycles. The largest absolute Gasteiger partial charge is 0.340 e. The Balaban J connectivity index is 1.34. The minimum absolute atomic E-state index is 0.245. The summed E-state index contributed by atoms with van der Waals surface area (Å²) in [6.45, 7) is 7.98. The topological polar surface area (TPSA) is 14.8 Å². The monoisotopic (exact) mass is 581 g/mol. The number of nitrogens with zero attached hydrogens (tertiary/aromatic N) is 3. The summed E-state index contributed by atoms with van der Waals surface area (Å²) in [6.07, 6.45) is 1.11. The number of aryl methyl sites for hydroxylation is 1. The molecule has 0 fully saturated rings. The van der Waals surface area contributed by atoms with Crippen molar-refractivity contribution in [3.63, 3.8) is 0 Å². The van der Waals surface area contributed by atoms with Gasteiger partial charge in [0.15, 0.2) is 0 Å². The van der Waals surface area contributed by atoms with Crippen LogP contribution < -0.4 is 0 Å². The van der Waals surface area contributed by atoms with Gasteiger partial charge in [-0.2, -0.15) is 0 Å². The standard InChI is InChI=1S/C42H35N3/c1-42(2,3)24-25-43-36-22-20-28(44-38-16-8-4-12-30(38)31-13-5-9-17-39(31)44)26-34(36)35-27-29(21-23-37(35)43)45-40-18-10-6-14-32(40)33-15-7-11-19-41(33)45/h4-23,26-27H,24-25H2,1-3H3. The van der Waals surface area contributed by atoms with Crippen LogP contribution in [0.2, 0.25) is 0 Å². The van der Waals surface area contributed by atoms with Gasteiger partial charge in [0, 0.05) is 61.3 Å². The van der Waals surface area contributed by atoms with E-state index in [0.717, 1.165) is 13.0 Å². The fraction of sp³-hybridized carbons (Fsp3) is 0.143. The molecule has 0 aliphatic heterocycles. The molecule has 0 bridgehead atoms. The van der Waals surface area contributed by atoms with Crippen molar-refractivity contribution in [3.8, 4) is 11.4 Å². The van der Waals surface area contributed by atoms with Gasteiger partial charge in [0.1, 0.15) is 0 Å². The molecule has 0 atom stereocenters. The Hall–Kier alpha value is -5.28. The molecule has 3 heterocycles. The lowest BCUT2D eigenvalue weighted by Gasteiger charge is -2.19. The maximum atomic E-state index is 2.54. The molecule has 9 rings (SSSR count). The van der Waals surface area contributed by atoms with Gasteiger partial charge in [-0.15, -0.1) is 0 Å². The highest BCUT2D eigenvalue weighted by atomic mass is 15.0. The minimum Gasteiger partial charge on any atom is -0.340 e. The van der Waals surface area contributed by atoms with Crippen molar-refractivity contribution in [1.82, 2.24) is 13.7 Å². The van der Waals surface area contributed by atoms with E-state index in [2.05, 4.69) is 168 Å². The number of aromatic nitrogens is 3. The third-order valence-electron chi connectivity index (χ3n) is 9.59. The van der Waals surface area contributed by atoms with Crippen LogP contribution in [0.15, 0.2) is 133 Å². The summed E-state index contributed by atoms with van der Waals surface area (Å²) in [7, 11) is 0. The lowest BCUT2D eigenvalue weighted by molar-refractivity contribution is 0.355. The maximum Gasteiger partial charge on any atom is 0.0541 e. The maximum absolute atomic E-state index is 2.54. The highest BCUT2D eigenvalue weighted by Crippen LogP contribution is 2.38. The van der Waals surface area contributed by atoms with Gasteiger partial charge < -0.3 is 13.7 Å². The Kier molecular flexibility index (Phi) is 5.58. The molecule has 0 amide bonds. The third-order valence-corrected chi connectivity index (χ3v) is 9.59. The molecule has 0 saturated heterocycles. The third kappa shape index (κ3) is 3.97. The average molecular weight is 582 g/mol. The van der Waals surface area contributed by atoms with Crippen LogP contribution in [0.4, 0.5) is 0 Å². The van der Waals surface area contributed by atoms with Crippen molar-refractivity contribution in [3.05, 3.63) is 133 Å². The molecule has 0 radical (unpaired) electrons. The summed E-state index contributed by atoms with van der Waals surface area (Å²) in [5.41, 5.74) is 10.2. The SMILES string of the molecule is CC(C)(C)CCn1c2ccc(-n3c4ccccc4c4ccccc43)cc2c2cc(-n3c4ccccc4c4ccccc43)ccc21. The molecule has 0 spiro atoms. The van der Waals surface area contributed by atoms with E-state index >= 15 is 0 Å². The van der Waals surface area contributed by atoms with Crippen molar-refractivity contribution in [2.45, 2.75) is 33.7 Å². The van der Waals surface area contributed by atoms with Crippen LogP contribution in [-0.2, 0) is 6.54 Å². The van der Waals surface area contributed by atoms with Gasteiger partial charge in [-0.1, -0.05) is 93.6 Å². The molecule has 0 saturated carbocycles. The quantitative estimate of drug-likeness (QED) is 0.196. The Morgan fingerprint density at radius 1 is 0.400 bits per heavy atom. The van der Waals surface area contributed by atoms with Crippen LogP contribution in [-0.4, -0.2) is 13.7 Å². The van der Waals surface area contributed by atoms with Crippen molar-refractivity contribution in [2.75, 3.05) is 0 Å². The van der Waals surface area contributed by atoms with Crippen LogP contribution in [0.3, 0.4) is 0 Å². The van der Waals surface area contributed by atoms with Crippen LogP contribution in [0.1, 0.15) is 27.2 Å². The predicted molar refractivity (Wildman–Crippen MR) is 192 cm³/mol. The number of hydrogen-bond donors (Lipinski definition) is 0. The lowest BCUT2D eigenvalue weighted by atomic mass is 9.92. The number of para-hydroxylation sites is 4. The van der Waals surface area contributed by atoms with Gasteiger partial charge in [-0.05, 0) is 72.5 Å². The zero-order chi connectivity index (χ0) is 30.3. The number of rotatable bonds is 4. The van der Waals surface area contributed by atoms with Gasteiger partial charge in [0.05, 0.1) is 22.1 Å². The highest BCUT2D eigenvalue weighted by Gasteiger charge is 2.19. The van der Waals surface area contributed by atoms with Gasteiger partial charge in [-0.25, -0.2) is 0 Å². The number of hydrogen-bond acceptors (Lipinski definition) is 0. The van der Waals surface area contributed by atoms with E-state index in [0.29, 0.717) is 0 Å². The van der Waals surface area contributed by atoms with E-state index in [1.165, 1.54) is 76.8 Å². The zero-order valence-electron chi connectivity index (χ0n) is 26.0. The van der Waals surface area contributed by atoms with E-state index in [-0.39, 0.29) is 5.41 Å². The van der Waals surface area contributed by atoms with Crippen molar-refractivity contribution in [1.29, 1.82) is 0 Å². The zero-order valence-corrected chi connectivity index (χ0v) is 26.0. The van der Waals surface area contributed by atoms with Crippen LogP contribution in [0.25, 0.3) is 76.8 Å². The smallest absolute Gasteiger partial charge is 0.0541 e. The first-order valence-corrected chi connectivity index (χ1v) is 16.0. The molecule has 45 heavy (non-hydrogen) atoms. The summed E-state index contributed by atoms with van der Waals surface area (Å²) in [6, 6.07) is 49.2. The van der Waals surface area contributed by atoms with Gasteiger partial charge in [0.2, 0.25) is 0 Å². The summed E-state index contributed by atoms with van der Waals surface area (Å²) >= 11 is 0. The number of benzene rings is 6. The van der Waals surface area contributed by atoms with Crippen molar-refractivity contribution in [2.24, 2.45) is 5.41 Å². The Labute approximate surface area is 262 Å². The first-order valence-electron chi connectivity index (χ1n) is 16.0. The van der Waals surface area contributed by atoms with Crippen LogP contribution in [0, 0.1) is 5.41 Å². The summed E-state index contributed by atoms with van der Waals surface area (Å²) < 4.78 is 7.40. The molecule has 9 aromatic rings. The van der Waals surface area contributed by atoms with Crippen LogP contribution >= 0.6 is 0 Å². The van der Waals surface area contributed by atoms with E-state index in [4.69, 9.17) is 0 Å². The summed E-state index contributed by atoms with van der Waals surface area (Å²) in [5, 5.41) is 7.73. The second kappa shape index (κ2) is 9.61. The fourth-order valence-electron chi connectivity index (χ4n) is 7.45. The lowest BCUT2D eigenvalue weighted by Crippen LogP contribution is -2.10. The van der Waals surface area contributed by atoms with Gasteiger partial charge in [0.25, 0.3) is 0 Å². The molecule has 3 nitrogen and oxygen atoms in total. The first-order chi connectivity index (χ1) is 22.0. The van der Waals surface area contributed by atoms with Crippen molar-refractivity contribution >= 4 is 65.4 Å². The van der Waals surface area contributed by atoms with Gasteiger partial charge in [-0.3, -0.25) is 0 Å². The van der Waals surface area contributed by atoms with E-state index in [1.807, 2.05) is 0 Å². The second-order valence-electron chi connectivity index (χ2n) is 13.6. The molecule has 0 unspecified atom stereocenters. The first kappa shape index (κ1) is 26.2. The normalized spacial score (nSPS) is 12.5. The van der Waals surface area contributed by atoms with Crippen LogP contribution in [0.5, 0.6) is 0 Å². The molecule has 0 aliphatic rings. The Morgan fingerprint density at radius 2 is 0.756 bits per heavy atom. The van der Waals surface area contributed by atoms with E-state index in [1.54, 1.807) is 0 Å². The summed E-state index contributed by atoms with van der Waals surface area (Å²) in [4.78, 5) is 0. The minimum atomic E-state index is 0.245. The Bertz CT molecular complexity index is 2300. The molecule has 218 valence electrons. The fourth-order valence-corrected chi connectivity index (χ4v) is 7.45. The molecular weight excluding hydrogens is 546 g/mol. The molecule has 6 aromatic carbocycles. The number of fused-ring (bicyclic) bond motifs is 9. The highest BCUT2D eigenvalue weighted by molar-refractivity contribution is 6.13. The van der Waals surface area contributed by atoms with E-state index < -0.39 is 0 Å². The summed E-state index contributed by atoms with van der Waals surface area (Å²) in [5.74, 6) is 0. The Morgan fingerprint density at radius 3 is 1.11 bits per heavy atom. The van der Waals surface area contributed by atoms with E-state index in [9.17, 15) is 0 Å². The van der Waals surface area contributed by atoms with Crippen molar-refractivity contribution < 1.29 is 0 Å².